The third-order valence-corrected chi connectivity index (χ3v) is 6.88. The van der Waals surface area contributed by atoms with Crippen molar-refractivity contribution in [2.24, 2.45) is 11.8 Å². The summed E-state index contributed by atoms with van der Waals surface area (Å²) in [5.74, 6) is -4.03. The van der Waals surface area contributed by atoms with Crippen LogP contribution < -0.4 is 10.2 Å². The van der Waals surface area contributed by atoms with E-state index in [1.54, 1.807) is 30.3 Å². The zero-order valence-electron chi connectivity index (χ0n) is 19.3. The Morgan fingerprint density at radius 2 is 1.62 bits per heavy atom. The van der Waals surface area contributed by atoms with Crippen LogP contribution in [0.25, 0.3) is 0 Å². The van der Waals surface area contributed by atoms with Crippen LogP contribution in [0.15, 0.2) is 54.6 Å². The molecule has 3 atom stereocenters. The molecule has 2 amide bonds. The van der Waals surface area contributed by atoms with Crippen LogP contribution in [-0.4, -0.2) is 46.3 Å². The summed E-state index contributed by atoms with van der Waals surface area (Å²) in [6, 6.07) is 11.7. The maximum atomic E-state index is 13.5. The largest absolute Gasteiger partial charge is 0.480 e. The summed E-state index contributed by atoms with van der Waals surface area (Å²) < 4.78 is 26.4. The molecule has 8 nitrogen and oxygen atoms in total. The Labute approximate surface area is 198 Å². The van der Waals surface area contributed by atoms with Gasteiger partial charge in [-0.05, 0) is 55.7 Å². The predicted octanol–water partition coefficient (Wildman–Crippen LogP) is 3.95. The van der Waals surface area contributed by atoms with Gasteiger partial charge in [-0.2, -0.15) is 0 Å². The molecule has 0 heterocycles. The molecule has 2 unspecified atom stereocenters. The SMILES string of the molecule is CC(C)CC(CP(=O)(O)CNC(=O)c1ccccc1)C(=O)N(c1ccc(F)cc1)[C@@H](C)C(=O)O. The Morgan fingerprint density at radius 3 is 2.15 bits per heavy atom. The van der Waals surface area contributed by atoms with Gasteiger partial charge in [0.05, 0.1) is 6.29 Å². The number of carboxylic acid groups (broad SMARTS) is 1. The first-order valence-corrected chi connectivity index (χ1v) is 12.9. The van der Waals surface area contributed by atoms with E-state index in [2.05, 4.69) is 5.32 Å². The number of amides is 2. The third kappa shape index (κ3) is 7.78. The van der Waals surface area contributed by atoms with Crippen molar-refractivity contribution < 1.29 is 33.3 Å². The number of hydrogen-bond acceptors (Lipinski definition) is 4. The second-order valence-electron chi connectivity index (χ2n) is 8.58. The van der Waals surface area contributed by atoms with Crippen molar-refractivity contribution in [2.45, 2.75) is 33.2 Å². The van der Waals surface area contributed by atoms with Gasteiger partial charge in [-0.3, -0.25) is 19.1 Å². The van der Waals surface area contributed by atoms with Crippen LogP contribution >= 0.6 is 7.37 Å². The lowest BCUT2D eigenvalue weighted by molar-refractivity contribution is -0.140. The molecule has 10 heteroatoms. The van der Waals surface area contributed by atoms with Gasteiger partial charge >= 0.3 is 5.97 Å². The number of rotatable bonds is 11. The fourth-order valence-electron chi connectivity index (χ4n) is 3.57. The van der Waals surface area contributed by atoms with Crippen molar-refractivity contribution in [1.29, 1.82) is 0 Å². The van der Waals surface area contributed by atoms with E-state index in [4.69, 9.17) is 0 Å². The van der Waals surface area contributed by atoms with Crippen LogP contribution in [0.2, 0.25) is 0 Å². The first-order valence-electron chi connectivity index (χ1n) is 10.9. The molecule has 3 N–H and O–H groups in total. The fraction of sp³-hybridized carbons (Fsp3) is 0.375. The Hall–Kier alpha value is -3.03. The van der Waals surface area contributed by atoms with Crippen LogP contribution in [-0.2, 0) is 14.2 Å². The lowest BCUT2D eigenvalue weighted by Gasteiger charge is -2.32. The van der Waals surface area contributed by atoms with E-state index in [1.165, 1.54) is 19.1 Å². The molecule has 0 fully saturated rings. The van der Waals surface area contributed by atoms with Crippen LogP contribution in [0.5, 0.6) is 0 Å². The van der Waals surface area contributed by atoms with Gasteiger partial charge in [0, 0.05) is 23.3 Å². The number of carbonyl (C=O) groups excluding carboxylic acids is 2. The minimum Gasteiger partial charge on any atom is -0.480 e. The number of carboxylic acids is 1. The van der Waals surface area contributed by atoms with Gasteiger partial charge in [0.15, 0.2) is 0 Å². The molecule has 2 aromatic rings. The van der Waals surface area contributed by atoms with Crippen LogP contribution in [0.3, 0.4) is 0 Å². The third-order valence-electron chi connectivity index (χ3n) is 5.22. The van der Waals surface area contributed by atoms with Crippen LogP contribution in [0.1, 0.15) is 37.6 Å². The second kappa shape index (κ2) is 11.9. The fourth-order valence-corrected chi connectivity index (χ4v) is 5.08. The van der Waals surface area contributed by atoms with E-state index in [9.17, 15) is 33.3 Å². The summed E-state index contributed by atoms with van der Waals surface area (Å²) in [6.45, 7) is 4.99. The number of nitrogens with one attached hydrogen (secondary N) is 1. The molecule has 0 saturated heterocycles. The van der Waals surface area contributed by atoms with Gasteiger partial charge in [0.25, 0.3) is 5.91 Å². The van der Waals surface area contributed by atoms with E-state index in [0.717, 1.165) is 17.0 Å². The Morgan fingerprint density at radius 1 is 1.03 bits per heavy atom. The normalized spacial score (nSPS) is 14.6. The van der Waals surface area contributed by atoms with Gasteiger partial charge < -0.3 is 15.3 Å². The zero-order valence-corrected chi connectivity index (χ0v) is 20.2. The van der Waals surface area contributed by atoms with Crippen LogP contribution in [0.4, 0.5) is 10.1 Å². The molecule has 0 spiro atoms. The number of halogens is 1. The average Bonchev–Trinajstić information content (AvgIpc) is 2.78. The van der Waals surface area contributed by atoms with E-state index in [0.29, 0.717) is 5.56 Å². The lowest BCUT2D eigenvalue weighted by atomic mass is 9.96. The predicted molar refractivity (Wildman–Crippen MR) is 127 cm³/mol. The minimum absolute atomic E-state index is 0.0388. The van der Waals surface area contributed by atoms with Crippen molar-refractivity contribution in [3.63, 3.8) is 0 Å². The van der Waals surface area contributed by atoms with Crippen molar-refractivity contribution >= 4 is 30.8 Å². The van der Waals surface area contributed by atoms with Crippen molar-refractivity contribution in [3.8, 4) is 0 Å². The first kappa shape index (κ1) is 27.2. The average molecular weight is 492 g/mol. The number of benzene rings is 2. The lowest BCUT2D eigenvalue weighted by Crippen LogP contribution is -2.47. The highest BCUT2D eigenvalue weighted by atomic mass is 31.2. The molecule has 0 aromatic heterocycles. The summed E-state index contributed by atoms with van der Waals surface area (Å²) in [4.78, 5) is 49.1. The molecule has 2 rings (SSSR count). The van der Waals surface area contributed by atoms with E-state index in [-0.39, 0.29) is 18.0 Å². The quantitative estimate of drug-likeness (QED) is 0.408. The molecular weight excluding hydrogens is 462 g/mol. The maximum absolute atomic E-state index is 13.5. The Balaban J connectivity index is 2.26. The molecule has 0 aliphatic heterocycles. The van der Waals surface area contributed by atoms with E-state index < -0.39 is 55.4 Å². The molecule has 0 aliphatic rings. The smallest absolute Gasteiger partial charge is 0.326 e. The van der Waals surface area contributed by atoms with Crippen LogP contribution in [0, 0.1) is 17.7 Å². The van der Waals surface area contributed by atoms with Gasteiger partial charge in [-0.25, -0.2) is 9.18 Å². The number of anilines is 1. The summed E-state index contributed by atoms with van der Waals surface area (Å²) >= 11 is 0. The van der Waals surface area contributed by atoms with Gasteiger partial charge in [0.2, 0.25) is 13.3 Å². The second-order valence-corrected chi connectivity index (χ2v) is 11.0. The Bertz CT molecular complexity index is 1050. The van der Waals surface area contributed by atoms with Crippen molar-refractivity contribution in [1.82, 2.24) is 5.32 Å². The summed E-state index contributed by atoms with van der Waals surface area (Å²) in [5, 5.41) is 12.0. The molecular formula is C24H30FN2O6P. The number of nitrogens with zero attached hydrogens (tertiary/aromatic N) is 1. The van der Waals surface area contributed by atoms with Crippen molar-refractivity contribution in [3.05, 3.63) is 66.0 Å². The summed E-state index contributed by atoms with van der Waals surface area (Å²) in [7, 11) is -4.01. The zero-order chi connectivity index (χ0) is 25.5. The van der Waals surface area contributed by atoms with Crippen molar-refractivity contribution in [2.75, 3.05) is 17.3 Å². The maximum Gasteiger partial charge on any atom is 0.326 e. The summed E-state index contributed by atoms with van der Waals surface area (Å²) in [6.07, 6.45) is -0.753. The molecule has 0 radical (unpaired) electrons. The van der Waals surface area contributed by atoms with Gasteiger partial charge in [-0.1, -0.05) is 32.0 Å². The summed E-state index contributed by atoms with van der Waals surface area (Å²) in [5.41, 5.74) is 0.496. The van der Waals surface area contributed by atoms with E-state index in [1.807, 2.05) is 13.8 Å². The molecule has 2 aromatic carbocycles. The first-order chi connectivity index (χ1) is 15.9. The topological polar surface area (TPSA) is 124 Å². The number of hydrogen-bond donors (Lipinski definition) is 3. The molecule has 184 valence electrons. The highest BCUT2D eigenvalue weighted by Gasteiger charge is 2.36. The minimum atomic E-state index is -4.01. The standard InChI is InChI=1S/C24H30FN2O6P/c1-16(2)13-19(14-34(32,33)15-26-22(28)18-7-5-4-6-8-18)23(29)27(17(3)24(30)31)21-11-9-20(25)10-12-21/h4-12,16-17,19H,13-15H2,1-3H3,(H,26,28)(H,30,31)(H,32,33)/t17-,19?/m0/s1. The number of carbonyl (C=O) groups is 3. The molecule has 0 saturated carbocycles. The highest BCUT2D eigenvalue weighted by molar-refractivity contribution is 7.58. The monoisotopic (exact) mass is 492 g/mol. The van der Waals surface area contributed by atoms with E-state index >= 15 is 0 Å². The molecule has 0 aliphatic carbocycles. The van der Waals surface area contributed by atoms with Gasteiger partial charge in [0.1, 0.15) is 11.9 Å². The molecule has 0 bridgehead atoms. The Kier molecular flexibility index (Phi) is 9.53. The molecule has 34 heavy (non-hydrogen) atoms. The number of aliphatic carboxylic acids is 1. The highest BCUT2D eigenvalue weighted by Crippen LogP contribution is 2.43. The van der Waals surface area contributed by atoms with Gasteiger partial charge in [-0.15, -0.1) is 0 Å².